The third-order valence-electron chi connectivity index (χ3n) is 4.61. The van der Waals surface area contributed by atoms with Crippen LogP contribution in [0.2, 0.25) is 0 Å². The summed E-state index contributed by atoms with van der Waals surface area (Å²) in [6.45, 7) is 12.2. The summed E-state index contributed by atoms with van der Waals surface area (Å²) in [5.41, 5.74) is 4.78. The maximum atomic E-state index is 12.4. The molecule has 0 bridgehead atoms. The van der Waals surface area contributed by atoms with E-state index in [2.05, 4.69) is 48.7 Å². The smallest absolute Gasteiger partial charge is 0.220 e. The Morgan fingerprint density at radius 3 is 2.50 bits per heavy atom. The molecule has 2 rings (SSSR count). The molecule has 1 aliphatic rings. The number of amides is 1. The first kappa shape index (κ1) is 22.4. The number of ether oxygens (including phenoxy) is 1. The molecule has 1 saturated carbocycles. The van der Waals surface area contributed by atoms with Crippen LogP contribution in [0.1, 0.15) is 65.0 Å². The van der Waals surface area contributed by atoms with Crippen LogP contribution in [-0.4, -0.2) is 36.0 Å². The van der Waals surface area contributed by atoms with Gasteiger partial charge in [0.05, 0.1) is 6.61 Å². The predicted octanol–water partition coefficient (Wildman–Crippen LogP) is 3.76. The van der Waals surface area contributed by atoms with Crippen LogP contribution in [-0.2, 0) is 9.53 Å². The lowest BCUT2D eigenvalue weighted by molar-refractivity contribution is -0.192. The van der Waals surface area contributed by atoms with Crippen LogP contribution < -0.4 is 10.6 Å². The first-order valence-electron chi connectivity index (χ1n) is 10.1. The molecule has 1 amide bonds. The highest BCUT2D eigenvalue weighted by atomic mass is 16.6. The lowest BCUT2D eigenvalue weighted by atomic mass is 9.90. The highest BCUT2D eigenvalue weighted by Crippen LogP contribution is 2.35. The normalized spacial score (nSPS) is 15.2. The molecule has 5 nitrogen and oxygen atoms in total. The SMILES string of the molecule is Cc1cccc(C(NC(C)CNC(=O)CC(C)(C)COC(C)(C)O)=C2CC2)c1. The van der Waals surface area contributed by atoms with Crippen LogP contribution in [0.25, 0.3) is 5.70 Å². The lowest BCUT2D eigenvalue weighted by Crippen LogP contribution is -2.40. The van der Waals surface area contributed by atoms with E-state index in [4.69, 9.17) is 4.74 Å². The van der Waals surface area contributed by atoms with Crippen molar-refractivity contribution in [1.29, 1.82) is 0 Å². The van der Waals surface area contributed by atoms with E-state index in [1.54, 1.807) is 13.8 Å². The second kappa shape index (κ2) is 9.10. The maximum Gasteiger partial charge on any atom is 0.220 e. The van der Waals surface area contributed by atoms with Gasteiger partial charge in [-0.15, -0.1) is 0 Å². The summed E-state index contributed by atoms with van der Waals surface area (Å²) in [7, 11) is 0. The third-order valence-corrected chi connectivity index (χ3v) is 4.61. The fraction of sp³-hybridized carbons (Fsp3) is 0.609. The maximum absolute atomic E-state index is 12.4. The van der Waals surface area contributed by atoms with Crippen molar-refractivity contribution in [3.63, 3.8) is 0 Å². The average Bonchev–Trinajstić information content (AvgIpc) is 3.40. The highest BCUT2D eigenvalue weighted by molar-refractivity contribution is 5.76. The molecular weight excluding hydrogens is 352 g/mol. The molecule has 1 aromatic carbocycles. The highest BCUT2D eigenvalue weighted by Gasteiger charge is 2.26. The Labute approximate surface area is 169 Å². The number of rotatable bonds is 10. The molecule has 0 radical (unpaired) electrons. The summed E-state index contributed by atoms with van der Waals surface area (Å²) in [6.07, 6.45) is 2.64. The Kier molecular flexibility index (Phi) is 7.29. The van der Waals surface area contributed by atoms with Crippen molar-refractivity contribution in [2.24, 2.45) is 5.41 Å². The fourth-order valence-electron chi connectivity index (χ4n) is 2.99. The van der Waals surface area contributed by atoms with Gasteiger partial charge in [0.1, 0.15) is 0 Å². The van der Waals surface area contributed by atoms with Gasteiger partial charge in [-0.3, -0.25) is 4.79 Å². The summed E-state index contributed by atoms with van der Waals surface area (Å²) < 4.78 is 5.42. The Hall–Kier alpha value is -1.85. The number of carbonyl (C=O) groups is 1. The largest absolute Gasteiger partial charge is 0.380 e. The first-order chi connectivity index (χ1) is 13.0. The molecule has 1 fully saturated rings. The molecule has 5 heteroatoms. The molecule has 1 aromatic rings. The fourth-order valence-corrected chi connectivity index (χ4v) is 2.99. The van der Waals surface area contributed by atoms with E-state index in [1.165, 1.54) is 22.4 Å². The zero-order valence-electron chi connectivity index (χ0n) is 18.2. The van der Waals surface area contributed by atoms with Crippen molar-refractivity contribution in [1.82, 2.24) is 10.6 Å². The van der Waals surface area contributed by atoms with E-state index in [9.17, 15) is 9.90 Å². The average molecular weight is 389 g/mol. The molecule has 1 unspecified atom stereocenters. The van der Waals surface area contributed by atoms with Gasteiger partial charge < -0.3 is 20.5 Å². The number of allylic oxidation sites excluding steroid dienone is 1. The zero-order chi connectivity index (χ0) is 20.9. The Balaban J connectivity index is 1.83. The van der Waals surface area contributed by atoms with Gasteiger partial charge in [0.15, 0.2) is 5.79 Å². The summed E-state index contributed by atoms with van der Waals surface area (Å²) in [6, 6.07) is 8.65. The van der Waals surface area contributed by atoms with E-state index in [0.29, 0.717) is 19.6 Å². The molecule has 1 aliphatic carbocycles. The van der Waals surface area contributed by atoms with Crippen molar-refractivity contribution in [3.8, 4) is 0 Å². The molecule has 1 atom stereocenters. The van der Waals surface area contributed by atoms with Gasteiger partial charge in [0, 0.05) is 24.7 Å². The van der Waals surface area contributed by atoms with Crippen molar-refractivity contribution in [3.05, 3.63) is 41.0 Å². The van der Waals surface area contributed by atoms with Gasteiger partial charge in [0.25, 0.3) is 0 Å². The summed E-state index contributed by atoms with van der Waals surface area (Å²) in [5, 5.41) is 16.3. The van der Waals surface area contributed by atoms with Gasteiger partial charge in [-0.2, -0.15) is 0 Å². The minimum absolute atomic E-state index is 0.00539. The minimum atomic E-state index is -1.19. The van der Waals surface area contributed by atoms with Gasteiger partial charge in [-0.1, -0.05) is 37.6 Å². The molecule has 0 aliphatic heterocycles. The van der Waals surface area contributed by atoms with Crippen LogP contribution in [0.15, 0.2) is 29.8 Å². The number of carbonyl (C=O) groups excluding carboxylic acids is 1. The van der Waals surface area contributed by atoms with Crippen molar-refractivity contribution < 1.29 is 14.6 Å². The Morgan fingerprint density at radius 2 is 1.93 bits per heavy atom. The lowest BCUT2D eigenvalue weighted by Gasteiger charge is -2.28. The molecule has 28 heavy (non-hydrogen) atoms. The third kappa shape index (κ3) is 8.03. The minimum Gasteiger partial charge on any atom is -0.380 e. The summed E-state index contributed by atoms with van der Waals surface area (Å²) in [5.74, 6) is -1.19. The zero-order valence-corrected chi connectivity index (χ0v) is 18.2. The molecule has 0 aromatic heterocycles. The number of benzene rings is 1. The summed E-state index contributed by atoms with van der Waals surface area (Å²) >= 11 is 0. The topological polar surface area (TPSA) is 70.6 Å². The van der Waals surface area contributed by atoms with E-state index in [-0.39, 0.29) is 17.4 Å². The molecule has 3 N–H and O–H groups in total. The number of aliphatic hydroxyl groups is 1. The van der Waals surface area contributed by atoms with E-state index in [0.717, 1.165) is 12.8 Å². The standard InChI is InChI=1S/C23H36N2O3/c1-16-8-7-9-19(12-16)21(18-10-11-18)25-17(2)14-24-20(26)13-22(3,4)15-28-23(5,6)27/h7-9,12,17,25,27H,10-11,13-15H2,1-6H3,(H,24,26). The van der Waals surface area contributed by atoms with Crippen LogP contribution in [0, 0.1) is 12.3 Å². The van der Waals surface area contributed by atoms with Crippen molar-refractivity contribution in [2.75, 3.05) is 13.2 Å². The van der Waals surface area contributed by atoms with Crippen LogP contribution in [0.5, 0.6) is 0 Å². The Bertz CT molecular complexity index is 711. The van der Waals surface area contributed by atoms with Crippen molar-refractivity contribution >= 4 is 11.6 Å². The van der Waals surface area contributed by atoms with E-state index in [1.807, 2.05) is 13.8 Å². The van der Waals surface area contributed by atoms with E-state index < -0.39 is 5.79 Å². The Morgan fingerprint density at radius 1 is 1.25 bits per heavy atom. The molecule has 0 saturated heterocycles. The van der Waals surface area contributed by atoms with Crippen LogP contribution >= 0.6 is 0 Å². The van der Waals surface area contributed by atoms with Gasteiger partial charge in [0.2, 0.25) is 5.91 Å². The first-order valence-corrected chi connectivity index (χ1v) is 10.1. The van der Waals surface area contributed by atoms with E-state index >= 15 is 0 Å². The second-order valence-corrected chi connectivity index (χ2v) is 9.27. The molecular formula is C23H36N2O3. The number of hydrogen-bond donors (Lipinski definition) is 3. The molecule has 156 valence electrons. The quantitative estimate of drug-likeness (QED) is 0.534. The van der Waals surface area contributed by atoms with Crippen LogP contribution in [0.4, 0.5) is 0 Å². The van der Waals surface area contributed by atoms with Crippen LogP contribution in [0.3, 0.4) is 0 Å². The number of hydrogen-bond acceptors (Lipinski definition) is 4. The molecule has 0 spiro atoms. The van der Waals surface area contributed by atoms with Gasteiger partial charge in [-0.05, 0) is 63.2 Å². The van der Waals surface area contributed by atoms with Gasteiger partial charge >= 0.3 is 0 Å². The van der Waals surface area contributed by atoms with Gasteiger partial charge in [-0.25, -0.2) is 0 Å². The number of aryl methyl sites for hydroxylation is 1. The predicted molar refractivity (Wildman–Crippen MR) is 114 cm³/mol. The second-order valence-electron chi connectivity index (χ2n) is 9.27. The summed E-state index contributed by atoms with van der Waals surface area (Å²) in [4.78, 5) is 12.4. The number of nitrogens with one attached hydrogen (secondary N) is 2. The monoisotopic (exact) mass is 388 g/mol. The van der Waals surface area contributed by atoms with Crippen molar-refractivity contribution in [2.45, 2.75) is 72.6 Å². The molecule has 0 heterocycles.